The standard InChI is InChI=1S/C15H12BrFN2/c1-10-7-11(5-6-14(10)17)15(9-18)19-13-4-2-3-12(16)8-13/h2-8,15,19H,1H3. The lowest BCUT2D eigenvalue weighted by atomic mass is 10.0. The fraction of sp³-hybridized carbons (Fsp3) is 0.133. The van der Waals surface area contributed by atoms with Crippen LogP contribution >= 0.6 is 15.9 Å². The number of nitrogens with zero attached hydrogens (tertiary/aromatic N) is 1. The van der Waals surface area contributed by atoms with Gasteiger partial charge >= 0.3 is 0 Å². The Kier molecular flexibility index (Phi) is 4.18. The van der Waals surface area contributed by atoms with Gasteiger partial charge in [-0.15, -0.1) is 0 Å². The maximum atomic E-state index is 13.2. The van der Waals surface area contributed by atoms with Gasteiger partial charge in [-0.25, -0.2) is 4.39 Å². The van der Waals surface area contributed by atoms with Crippen molar-refractivity contribution in [2.45, 2.75) is 13.0 Å². The molecule has 2 aromatic rings. The Hall–Kier alpha value is -1.86. The highest BCUT2D eigenvalue weighted by Gasteiger charge is 2.11. The normalized spacial score (nSPS) is 11.7. The summed E-state index contributed by atoms with van der Waals surface area (Å²) in [4.78, 5) is 0. The molecule has 0 saturated heterocycles. The molecular weight excluding hydrogens is 307 g/mol. The van der Waals surface area contributed by atoms with Gasteiger partial charge in [0.05, 0.1) is 6.07 Å². The molecule has 0 aliphatic carbocycles. The van der Waals surface area contributed by atoms with Gasteiger partial charge in [-0.2, -0.15) is 5.26 Å². The number of hydrogen-bond donors (Lipinski definition) is 1. The summed E-state index contributed by atoms with van der Waals surface area (Å²) in [7, 11) is 0. The molecule has 19 heavy (non-hydrogen) atoms. The van der Waals surface area contributed by atoms with Crippen LogP contribution in [0, 0.1) is 24.1 Å². The van der Waals surface area contributed by atoms with Crippen LogP contribution in [-0.4, -0.2) is 0 Å². The van der Waals surface area contributed by atoms with Crippen LogP contribution in [0.4, 0.5) is 10.1 Å². The molecule has 0 aromatic heterocycles. The van der Waals surface area contributed by atoms with Crippen LogP contribution in [0.3, 0.4) is 0 Å². The van der Waals surface area contributed by atoms with E-state index >= 15 is 0 Å². The lowest BCUT2D eigenvalue weighted by Gasteiger charge is -2.14. The van der Waals surface area contributed by atoms with Crippen molar-refractivity contribution in [3.63, 3.8) is 0 Å². The second-order valence-electron chi connectivity index (χ2n) is 4.23. The Morgan fingerprint density at radius 2 is 2.05 bits per heavy atom. The summed E-state index contributed by atoms with van der Waals surface area (Å²) in [5.41, 5.74) is 2.12. The minimum absolute atomic E-state index is 0.261. The smallest absolute Gasteiger partial charge is 0.140 e. The number of nitrogens with one attached hydrogen (secondary N) is 1. The molecule has 2 aromatic carbocycles. The summed E-state index contributed by atoms with van der Waals surface area (Å²) in [6.07, 6.45) is 0. The van der Waals surface area contributed by atoms with Crippen LogP contribution in [0.2, 0.25) is 0 Å². The van der Waals surface area contributed by atoms with Gasteiger partial charge in [0.2, 0.25) is 0 Å². The molecule has 0 radical (unpaired) electrons. The van der Waals surface area contributed by atoms with Gasteiger partial charge in [-0.3, -0.25) is 0 Å². The first-order valence-electron chi connectivity index (χ1n) is 5.78. The van der Waals surface area contributed by atoms with Gasteiger partial charge in [0, 0.05) is 10.2 Å². The van der Waals surface area contributed by atoms with Crippen LogP contribution in [0.5, 0.6) is 0 Å². The molecule has 1 unspecified atom stereocenters. The molecule has 0 bridgehead atoms. The van der Waals surface area contributed by atoms with E-state index in [9.17, 15) is 9.65 Å². The fourth-order valence-electron chi connectivity index (χ4n) is 1.78. The Morgan fingerprint density at radius 3 is 2.68 bits per heavy atom. The molecule has 96 valence electrons. The Bertz CT molecular complexity index is 634. The minimum atomic E-state index is -0.506. The molecule has 0 fully saturated rings. The van der Waals surface area contributed by atoms with Crippen molar-refractivity contribution < 1.29 is 4.39 Å². The van der Waals surface area contributed by atoms with E-state index in [1.54, 1.807) is 19.1 Å². The van der Waals surface area contributed by atoms with Crippen molar-refractivity contribution in [3.8, 4) is 6.07 Å². The number of benzene rings is 2. The van der Waals surface area contributed by atoms with Crippen LogP contribution in [0.25, 0.3) is 0 Å². The van der Waals surface area contributed by atoms with Gasteiger partial charge in [0.1, 0.15) is 11.9 Å². The highest BCUT2D eigenvalue weighted by atomic mass is 79.9. The van der Waals surface area contributed by atoms with E-state index in [-0.39, 0.29) is 5.82 Å². The van der Waals surface area contributed by atoms with Crippen LogP contribution < -0.4 is 5.32 Å². The minimum Gasteiger partial charge on any atom is -0.366 e. The molecule has 4 heteroatoms. The van der Waals surface area contributed by atoms with Crippen LogP contribution in [0.15, 0.2) is 46.9 Å². The third-order valence-electron chi connectivity index (χ3n) is 2.78. The van der Waals surface area contributed by atoms with E-state index in [1.807, 2.05) is 24.3 Å². The quantitative estimate of drug-likeness (QED) is 0.899. The summed E-state index contributed by atoms with van der Waals surface area (Å²) in [5, 5.41) is 12.4. The fourth-order valence-corrected chi connectivity index (χ4v) is 2.18. The highest BCUT2D eigenvalue weighted by Crippen LogP contribution is 2.23. The topological polar surface area (TPSA) is 35.8 Å². The second kappa shape index (κ2) is 5.85. The van der Waals surface area contributed by atoms with Gasteiger partial charge in [0.15, 0.2) is 0 Å². The van der Waals surface area contributed by atoms with Crippen LogP contribution in [0.1, 0.15) is 17.2 Å². The highest BCUT2D eigenvalue weighted by molar-refractivity contribution is 9.10. The van der Waals surface area contributed by atoms with Gasteiger partial charge < -0.3 is 5.32 Å². The average Bonchev–Trinajstić information content (AvgIpc) is 2.39. The maximum absolute atomic E-state index is 13.2. The molecule has 1 atom stereocenters. The first-order valence-corrected chi connectivity index (χ1v) is 6.57. The monoisotopic (exact) mass is 318 g/mol. The van der Waals surface area contributed by atoms with Gasteiger partial charge in [0.25, 0.3) is 0 Å². The zero-order chi connectivity index (χ0) is 13.8. The summed E-state index contributed by atoms with van der Waals surface area (Å²) < 4.78 is 14.2. The van der Waals surface area contributed by atoms with Crippen molar-refractivity contribution in [1.82, 2.24) is 0 Å². The third-order valence-corrected chi connectivity index (χ3v) is 3.27. The molecule has 0 heterocycles. The molecular formula is C15H12BrFN2. The molecule has 0 aliphatic heterocycles. The Balaban J connectivity index is 2.25. The predicted octanol–water partition coefficient (Wildman–Crippen LogP) is 4.57. The van der Waals surface area contributed by atoms with E-state index < -0.39 is 6.04 Å². The third kappa shape index (κ3) is 3.33. The number of aryl methyl sites for hydroxylation is 1. The van der Waals surface area contributed by atoms with Crippen molar-refractivity contribution in [2.24, 2.45) is 0 Å². The lowest BCUT2D eigenvalue weighted by molar-refractivity contribution is 0.617. The zero-order valence-corrected chi connectivity index (χ0v) is 11.9. The zero-order valence-electron chi connectivity index (χ0n) is 10.3. The SMILES string of the molecule is Cc1cc(C(C#N)Nc2cccc(Br)c2)ccc1F. The Labute approximate surface area is 120 Å². The number of rotatable bonds is 3. The summed E-state index contributed by atoms with van der Waals surface area (Å²) in [6.45, 7) is 1.69. The van der Waals surface area contributed by atoms with Crippen molar-refractivity contribution in [3.05, 3.63) is 63.9 Å². The number of halogens is 2. The van der Waals surface area contributed by atoms with Gasteiger partial charge in [-0.1, -0.05) is 34.1 Å². The molecule has 2 rings (SSSR count). The molecule has 2 nitrogen and oxygen atoms in total. The van der Waals surface area contributed by atoms with E-state index in [1.165, 1.54) is 6.07 Å². The van der Waals surface area contributed by atoms with Crippen molar-refractivity contribution in [1.29, 1.82) is 5.26 Å². The van der Waals surface area contributed by atoms with Crippen molar-refractivity contribution in [2.75, 3.05) is 5.32 Å². The molecule has 1 N–H and O–H groups in total. The summed E-state index contributed by atoms with van der Waals surface area (Å²) in [6, 6.07) is 13.9. The van der Waals surface area contributed by atoms with E-state index in [0.29, 0.717) is 5.56 Å². The Morgan fingerprint density at radius 1 is 1.26 bits per heavy atom. The van der Waals surface area contributed by atoms with Crippen molar-refractivity contribution >= 4 is 21.6 Å². The summed E-state index contributed by atoms with van der Waals surface area (Å²) >= 11 is 3.38. The summed E-state index contributed by atoms with van der Waals surface area (Å²) in [5.74, 6) is -0.261. The first kappa shape index (κ1) is 13.6. The number of nitriles is 1. The molecule has 0 saturated carbocycles. The molecule has 0 aliphatic rings. The molecule has 0 amide bonds. The largest absolute Gasteiger partial charge is 0.366 e. The molecule has 0 spiro atoms. The van der Waals surface area contributed by atoms with Crippen LogP contribution in [-0.2, 0) is 0 Å². The maximum Gasteiger partial charge on any atom is 0.140 e. The van der Waals surface area contributed by atoms with Gasteiger partial charge in [-0.05, 0) is 42.3 Å². The average molecular weight is 319 g/mol. The number of anilines is 1. The first-order chi connectivity index (χ1) is 9.10. The van der Waals surface area contributed by atoms with E-state index in [0.717, 1.165) is 15.7 Å². The van der Waals surface area contributed by atoms with E-state index in [2.05, 4.69) is 27.3 Å². The predicted molar refractivity (Wildman–Crippen MR) is 77.3 cm³/mol. The lowest BCUT2D eigenvalue weighted by Crippen LogP contribution is -2.08. The van der Waals surface area contributed by atoms with E-state index in [4.69, 9.17) is 0 Å². The number of hydrogen-bond acceptors (Lipinski definition) is 2. The second-order valence-corrected chi connectivity index (χ2v) is 5.14.